The lowest BCUT2D eigenvalue weighted by Crippen LogP contribution is -2.15. The van der Waals surface area contributed by atoms with E-state index in [1.807, 2.05) is 13.0 Å². The smallest absolute Gasteiger partial charge is 0.355 e. The average molecular weight is 336 g/mol. The van der Waals surface area contributed by atoms with Crippen molar-refractivity contribution < 1.29 is 19.3 Å². The lowest BCUT2D eigenvalue weighted by Gasteiger charge is -2.11. The van der Waals surface area contributed by atoms with Crippen LogP contribution in [-0.2, 0) is 14.4 Å². The van der Waals surface area contributed by atoms with Gasteiger partial charge in [0.1, 0.15) is 5.52 Å². The molecule has 0 aliphatic heterocycles. The van der Waals surface area contributed by atoms with Gasteiger partial charge in [0.25, 0.3) is 0 Å². The van der Waals surface area contributed by atoms with Crippen molar-refractivity contribution in [2.24, 2.45) is 5.92 Å². The fourth-order valence-corrected chi connectivity index (χ4v) is 2.22. The standard InChI is InChI=1S/C17H18ClNO4/c1-3-9-21-11-12(2)10-16(20)23-22-15-7-6-14(18)13-5-4-8-19-17(13)15/h3-8,12H,1,9-11H2,2H3. The maximum atomic E-state index is 11.8. The van der Waals surface area contributed by atoms with Gasteiger partial charge in [0.2, 0.25) is 5.75 Å². The Labute approximate surface area is 139 Å². The Morgan fingerprint density at radius 1 is 1.43 bits per heavy atom. The molecule has 0 fully saturated rings. The van der Waals surface area contributed by atoms with Gasteiger partial charge >= 0.3 is 5.97 Å². The Morgan fingerprint density at radius 3 is 3.04 bits per heavy atom. The molecule has 0 saturated carbocycles. The van der Waals surface area contributed by atoms with Crippen LogP contribution in [-0.4, -0.2) is 24.2 Å². The highest BCUT2D eigenvalue weighted by atomic mass is 35.5. The van der Waals surface area contributed by atoms with Gasteiger partial charge in [0.05, 0.1) is 24.7 Å². The first-order chi connectivity index (χ1) is 11.1. The van der Waals surface area contributed by atoms with Crippen LogP contribution in [0.5, 0.6) is 5.75 Å². The zero-order chi connectivity index (χ0) is 16.7. The zero-order valence-electron chi connectivity index (χ0n) is 12.8. The SMILES string of the molecule is C=CCOCC(C)CC(=O)OOc1ccc(Cl)c2cccnc12. The summed E-state index contributed by atoms with van der Waals surface area (Å²) in [5.74, 6) is -0.112. The lowest BCUT2D eigenvalue weighted by atomic mass is 10.1. The maximum absolute atomic E-state index is 11.8. The highest BCUT2D eigenvalue weighted by Gasteiger charge is 2.14. The summed E-state index contributed by atoms with van der Waals surface area (Å²) in [6.45, 7) is 6.36. The van der Waals surface area contributed by atoms with Crippen molar-refractivity contribution in [3.05, 3.63) is 48.1 Å². The van der Waals surface area contributed by atoms with Gasteiger partial charge in [0.15, 0.2) is 0 Å². The molecular formula is C17H18ClNO4. The topological polar surface area (TPSA) is 57.7 Å². The number of hydrogen-bond acceptors (Lipinski definition) is 5. The first kappa shape index (κ1) is 17.2. The Hall–Kier alpha value is -2.11. The van der Waals surface area contributed by atoms with E-state index in [0.717, 1.165) is 5.39 Å². The fraction of sp³-hybridized carbons (Fsp3) is 0.294. The predicted molar refractivity (Wildman–Crippen MR) is 88.3 cm³/mol. The molecular weight excluding hydrogens is 318 g/mol. The largest absolute Gasteiger partial charge is 0.377 e. The third kappa shape index (κ3) is 4.94. The van der Waals surface area contributed by atoms with Crippen LogP contribution in [0.15, 0.2) is 43.1 Å². The van der Waals surface area contributed by atoms with Crippen LogP contribution in [0.1, 0.15) is 13.3 Å². The van der Waals surface area contributed by atoms with E-state index in [0.29, 0.717) is 29.5 Å². The van der Waals surface area contributed by atoms with Crippen molar-refractivity contribution >= 4 is 28.5 Å². The first-order valence-electron chi connectivity index (χ1n) is 7.21. The molecule has 1 unspecified atom stereocenters. The highest BCUT2D eigenvalue weighted by molar-refractivity contribution is 6.35. The monoisotopic (exact) mass is 335 g/mol. The van der Waals surface area contributed by atoms with Gasteiger partial charge in [-0.05, 0) is 30.2 Å². The van der Waals surface area contributed by atoms with Crippen LogP contribution in [0.3, 0.4) is 0 Å². The molecule has 0 aliphatic carbocycles. The van der Waals surface area contributed by atoms with Gasteiger partial charge in [0, 0.05) is 11.6 Å². The van der Waals surface area contributed by atoms with E-state index in [1.54, 1.807) is 30.5 Å². The number of hydrogen-bond donors (Lipinski definition) is 0. The van der Waals surface area contributed by atoms with Gasteiger partial charge in [-0.3, -0.25) is 14.8 Å². The number of aromatic nitrogens is 1. The Morgan fingerprint density at radius 2 is 2.26 bits per heavy atom. The summed E-state index contributed by atoms with van der Waals surface area (Å²) in [7, 11) is 0. The second-order valence-corrected chi connectivity index (χ2v) is 5.53. The third-order valence-electron chi connectivity index (χ3n) is 3.06. The minimum absolute atomic E-state index is 0.0196. The van der Waals surface area contributed by atoms with E-state index < -0.39 is 5.97 Å². The molecule has 122 valence electrons. The molecule has 1 heterocycles. The van der Waals surface area contributed by atoms with Crippen LogP contribution in [0.4, 0.5) is 0 Å². The normalized spacial score (nSPS) is 11.9. The molecule has 2 aromatic rings. The lowest BCUT2D eigenvalue weighted by molar-refractivity contribution is -0.214. The van der Waals surface area contributed by atoms with Crippen molar-refractivity contribution in [1.82, 2.24) is 4.98 Å². The summed E-state index contributed by atoms with van der Waals surface area (Å²) in [6, 6.07) is 6.87. The number of carbonyl (C=O) groups excluding carboxylic acids is 1. The minimum atomic E-state index is -0.473. The number of halogens is 1. The molecule has 5 nitrogen and oxygen atoms in total. The van der Waals surface area contributed by atoms with Crippen molar-refractivity contribution in [3.63, 3.8) is 0 Å². The molecule has 6 heteroatoms. The molecule has 0 N–H and O–H groups in total. The van der Waals surface area contributed by atoms with Crippen LogP contribution >= 0.6 is 11.6 Å². The zero-order valence-corrected chi connectivity index (χ0v) is 13.6. The molecule has 0 radical (unpaired) electrons. The van der Waals surface area contributed by atoms with Gasteiger partial charge in [-0.25, -0.2) is 4.79 Å². The summed E-state index contributed by atoms with van der Waals surface area (Å²) in [6.07, 6.45) is 3.47. The van der Waals surface area contributed by atoms with Crippen LogP contribution < -0.4 is 4.89 Å². The van der Waals surface area contributed by atoms with Crippen LogP contribution in [0.2, 0.25) is 5.02 Å². The number of ether oxygens (including phenoxy) is 1. The minimum Gasteiger partial charge on any atom is -0.377 e. The van der Waals surface area contributed by atoms with Crippen LogP contribution in [0.25, 0.3) is 10.9 Å². The van der Waals surface area contributed by atoms with Gasteiger partial charge in [-0.15, -0.1) is 6.58 Å². The molecule has 0 saturated heterocycles. The molecule has 0 amide bonds. The fourth-order valence-electron chi connectivity index (χ4n) is 2.00. The van der Waals surface area contributed by atoms with Crippen molar-refractivity contribution in [1.29, 1.82) is 0 Å². The van der Waals surface area contributed by atoms with Crippen molar-refractivity contribution in [3.8, 4) is 5.75 Å². The Balaban J connectivity index is 1.92. The van der Waals surface area contributed by atoms with Crippen molar-refractivity contribution in [2.45, 2.75) is 13.3 Å². The van der Waals surface area contributed by atoms with E-state index in [-0.39, 0.29) is 12.3 Å². The molecule has 2 rings (SSSR count). The third-order valence-corrected chi connectivity index (χ3v) is 3.39. The number of fused-ring (bicyclic) bond motifs is 1. The number of rotatable bonds is 8. The van der Waals surface area contributed by atoms with Gasteiger partial charge in [-0.2, -0.15) is 0 Å². The van der Waals surface area contributed by atoms with E-state index in [2.05, 4.69) is 11.6 Å². The van der Waals surface area contributed by atoms with E-state index in [1.165, 1.54) is 0 Å². The first-order valence-corrected chi connectivity index (χ1v) is 7.59. The molecule has 0 bridgehead atoms. The number of pyridine rings is 1. The van der Waals surface area contributed by atoms with Crippen molar-refractivity contribution in [2.75, 3.05) is 13.2 Å². The van der Waals surface area contributed by atoms with E-state index in [4.69, 9.17) is 26.1 Å². The summed E-state index contributed by atoms with van der Waals surface area (Å²) in [4.78, 5) is 26.0. The van der Waals surface area contributed by atoms with Crippen LogP contribution in [0, 0.1) is 5.92 Å². The Kier molecular flexibility index (Phi) is 6.38. The average Bonchev–Trinajstić information content (AvgIpc) is 2.55. The van der Waals surface area contributed by atoms with Gasteiger partial charge < -0.3 is 4.74 Å². The molecule has 1 aromatic carbocycles. The maximum Gasteiger partial charge on any atom is 0.355 e. The number of carbonyl (C=O) groups is 1. The second-order valence-electron chi connectivity index (χ2n) is 5.12. The predicted octanol–water partition coefficient (Wildman–Crippen LogP) is 3.95. The highest BCUT2D eigenvalue weighted by Crippen LogP contribution is 2.29. The second kappa shape index (κ2) is 8.50. The molecule has 0 spiro atoms. The quantitative estimate of drug-likeness (QED) is 0.316. The summed E-state index contributed by atoms with van der Waals surface area (Å²) in [5, 5.41) is 1.29. The molecule has 23 heavy (non-hydrogen) atoms. The summed E-state index contributed by atoms with van der Waals surface area (Å²) >= 11 is 6.10. The molecule has 1 atom stereocenters. The summed E-state index contributed by atoms with van der Waals surface area (Å²) in [5.41, 5.74) is 0.537. The molecule has 0 aliphatic rings. The van der Waals surface area contributed by atoms with Gasteiger partial charge in [-0.1, -0.05) is 24.6 Å². The van der Waals surface area contributed by atoms with E-state index >= 15 is 0 Å². The summed E-state index contributed by atoms with van der Waals surface area (Å²) < 4.78 is 5.29. The molecule has 1 aromatic heterocycles. The number of benzene rings is 1. The Bertz CT molecular complexity index is 689. The number of nitrogens with zero attached hydrogens (tertiary/aromatic N) is 1. The van der Waals surface area contributed by atoms with E-state index in [9.17, 15) is 4.79 Å².